The molecule has 0 radical (unpaired) electrons. The van der Waals surface area contributed by atoms with Crippen molar-refractivity contribution in [2.75, 3.05) is 6.54 Å². The highest BCUT2D eigenvalue weighted by atomic mass is 35.5. The van der Waals surface area contributed by atoms with Gasteiger partial charge in [0.15, 0.2) is 0 Å². The molecule has 2 aliphatic rings. The highest BCUT2D eigenvalue weighted by molar-refractivity contribution is 5.85. The number of carbonyl (C=O) groups is 1. The third-order valence-electron chi connectivity index (χ3n) is 5.11. The topological polar surface area (TPSA) is 55.1 Å². The molecule has 1 amide bonds. The van der Waals surface area contributed by atoms with Gasteiger partial charge in [-0.15, -0.1) is 12.4 Å². The first kappa shape index (κ1) is 16.8. The van der Waals surface area contributed by atoms with Crippen molar-refractivity contribution in [3.8, 4) is 0 Å². The molecule has 2 aliphatic carbocycles. The van der Waals surface area contributed by atoms with Crippen LogP contribution < -0.4 is 11.1 Å². The zero-order valence-corrected chi connectivity index (χ0v) is 13.2. The lowest BCUT2D eigenvalue weighted by molar-refractivity contribution is -0.131. The van der Waals surface area contributed by atoms with Crippen molar-refractivity contribution < 1.29 is 4.79 Å². The molecule has 2 fully saturated rings. The van der Waals surface area contributed by atoms with Crippen molar-refractivity contribution in [2.24, 2.45) is 16.6 Å². The first-order chi connectivity index (χ1) is 8.47. The van der Waals surface area contributed by atoms with Gasteiger partial charge in [-0.25, -0.2) is 0 Å². The third-order valence-corrected chi connectivity index (χ3v) is 5.11. The van der Waals surface area contributed by atoms with Crippen molar-refractivity contribution >= 4 is 18.3 Å². The van der Waals surface area contributed by atoms with Gasteiger partial charge in [0.05, 0.1) is 5.41 Å². The summed E-state index contributed by atoms with van der Waals surface area (Å²) < 4.78 is 0. The molecule has 0 aromatic rings. The number of amides is 1. The van der Waals surface area contributed by atoms with E-state index in [1.807, 2.05) is 0 Å². The molecular formula is C15H29ClN2O. The number of hydrogen-bond acceptors (Lipinski definition) is 2. The number of carbonyl (C=O) groups excluding carboxylic acids is 1. The number of nitrogens with one attached hydrogen (secondary N) is 1. The Morgan fingerprint density at radius 1 is 1.16 bits per heavy atom. The van der Waals surface area contributed by atoms with Crippen molar-refractivity contribution in [1.82, 2.24) is 5.32 Å². The van der Waals surface area contributed by atoms with Gasteiger partial charge in [0.1, 0.15) is 0 Å². The average Bonchev–Trinajstić information content (AvgIpc) is 2.82. The summed E-state index contributed by atoms with van der Waals surface area (Å²) in [6, 6.07) is 0.384. The van der Waals surface area contributed by atoms with E-state index >= 15 is 0 Å². The Kier molecular flexibility index (Phi) is 5.69. The van der Waals surface area contributed by atoms with Gasteiger partial charge in [0.2, 0.25) is 5.91 Å². The predicted octanol–water partition coefficient (Wildman–Crippen LogP) is 3.01. The maximum Gasteiger partial charge on any atom is 0.227 e. The van der Waals surface area contributed by atoms with Crippen LogP contribution in [0.3, 0.4) is 0 Å². The number of hydrogen-bond donors (Lipinski definition) is 2. The van der Waals surface area contributed by atoms with Crippen LogP contribution in [-0.2, 0) is 4.79 Å². The predicted molar refractivity (Wildman–Crippen MR) is 81.4 cm³/mol. The molecule has 0 atom stereocenters. The fraction of sp³-hybridized carbons (Fsp3) is 0.933. The van der Waals surface area contributed by atoms with E-state index in [0.29, 0.717) is 18.0 Å². The Bertz CT molecular complexity index is 301. The second-order valence-corrected chi connectivity index (χ2v) is 7.10. The van der Waals surface area contributed by atoms with Gasteiger partial charge in [0.25, 0.3) is 0 Å². The van der Waals surface area contributed by atoms with Crippen LogP contribution >= 0.6 is 12.4 Å². The lowest BCUT2D eigenvalue weighted by atomic mass is 9.75. The van der Waals surface area contributed by atoms with E-state index < -0.39 is 0 Å². The van der Waals surface area contributed by atoms with E-state index in [0.717, 1.165) is 38.5 Å². The molecule has 0 heterocycles. The highest BCUT2D eigenvalue weighted by Gasteiger charge is 2.41. The fourth-order valence-corrected chi connectivity index (χ4v) is 3.46. The molecule has 0 bridgehead atoms. The van der Waals surface area contributed by atoms with E-state index in [1.165, 1.54) is 12.8 Å². The van der Waals surface area contributed by atoms with Crippen molar-refractivity contribution in [1.29, 1.82) is 0 Å². The summed E-state index contributed by atoms with van der Waals surface area (Å²) in [5, 5.41) is 3.27. The molecular weight excluding hydrogens is 260 g/mol. The van der Waals surface area contributed by atoms with E-state index in [1.54, 1.807) is 0 Å². The second-order valence-electron chi connectivity index (χ2n) is 7.10. The van der Waals surface area contributed by atoms with Gasteiger partial charge in [-0.05, 0) is 43.9 Å². The van der Waals surface area contributed by atoms with E-state index in [-0.39, 0.29) is 23.7 Å². The summed E-state index contributed by atoms with van der Waals surface area (Å²) in [5.74, 6) is 0.229. The van der Waals surface area contributed by atoms with Gasteiger partial charge >= 0.3 is 0 Å². The highest BCUT2D eigenvalue weighted by Crippen LogP contribution is 2.39. The van der Waals surface area contributed by atoms with E-state index in [4.69, 9.17) is 5.73 Å². The number of nitrogens with two attached hydrogens (primary N) is 1. The molecule has 3 N–H and O–H groups in total. The third kappa shape index (κ3) is 3.85. The normalized spacial score (nSPS) is 25.6. The summed E-state index contributed by atoms with van der Waals surface area (Å²) in [7, 11) is 0. The molecule has 0 aliphatic heterocycles. The Hall–Kier alpha value is -0.280. The van der Waals surface area contributed by atoms with E-state index in [9.17, 15) is 4.79 Å². The van der Waals surface area contributed by atoms with Crippen LogP contribution in [0, 0.1) is 10.8 Å². The second kappa shape index (κ2) is 6.45. The van der Waals surface area contributed by atoms with Gasteiger partial charge in [-0.1, -0.05) is 26.7 Å². The lowest BCUT2D eigenvalue weighted by Gasteiger charge is -2.36. The Balaban J connectivity index is 0.00000180. The fourth-order valence-electron chi connectivity index (χ4n) is 3.46. The largest absolute Gasteiger partial charge is 0.353 e. The Morgan fingerprint density at radius 3 is 2.16 bits per heavy atom. The maximum atomic E-state index is 12.4. The van der Waals surface area contributed by atoms with Crippen LogP contribution in [0.25, 0.3) is 0 Å². The van der Waals surface area contributed by atoms with E-state index in [2.05, 4.69) is 19.2 Å². The molecule has 0 aromatic carbocycles. The summed E-state index contributed by atoms with van der Waals surface area (Å²) in [6.07, 6.45) is 8.95. The standard InChI is InChI=1S/C15H28N2O.ClH/c1-14(2)9-5-12(6-10-14)17-13(18)15(11-16)7-3-4-8-15;/h12H,3-11,16H2,1-2H3,(H,17,18);1H. The monoisotopic (exact) mass is 288 g/mol. The van der Waals surface area contributed by atoms with Gasteiger partial charge in [-0.3, -0.25) is 4.79 Å². The van der Waals surface area contributed by atoms with Gasteiger partial charge in [-0.2, -0.15) is 0 Å². The maximum absolute atomic E-state index is 12.4. The smallest absolute Gasteiger partial charge is 0.227 e. The molecule has 19 heavy (non-hydrogen) atoms. The van der Waals surface area contributed by atoms with Gasteiger partial charge in [0, 0.05) is 12.6 Å². The zero-order chi connectivity index (χ0) is 13.2. The molecule has 0 unspecified atom stereocenters. The molecule has 0 aromatic heterocycles. The minimum Gasteiger partial charge on any atom is -0.353 e. The summed E-state index contributed by atoms with van der Waals surface area (Å²) >= 11 is 0. The number of halogens is 1. The minimum atomic E-state index is -0.243. The quantitative estimate of drug-likeness (QED) is 0.839. The Morgan fingerprint density at radius 2 is 1.68 bits per heavy atom. The first-order valence-corrected chi connectivity index (χ1v) is 7.49. The zero-order valence-electron chi connectivity index (χ0n) is 12.3. The van der Waals surface area contributed by atoms with Crippen molar-refractivity contribution in [3.05, 3.63) is 0 Å². The first-order valence-electron chi connectivity index (χ1n) is 7.49. The molecule has 2 rings (SSSR count). The molecule has 0 spiro atoms. The molecule has 3 nitrogen and oxygen atoms in total. The summed E-state index contributed by atoms with van der Waals surface area (Å²) in [4.78, 5) is 12.4. The minimum absolute atomic E-state index is 0. The van der Waals surface area contributed by atoms with Crippen LogP contribution in [-0.4, -0.2) is 18.5 Å². The average molecular weight is 289 g/mol. The SMILES string of the molecule is CC1(C)CCC(NC(=O)C2(CN)CCCC2)CC1.Cl. The van der Waals surface area contributed by atoms with Crippen LogP contribution in [0.2, 0.25) is 0 Å². The summed E-state index contributed by atoms with van der Waals surface area (Å²) in [6.45, 7) is 5.16. The van der Waals surface area contributed by atoms with Crippen molar-refractivity contribution in [2.45, 2.75) is 71.3 Å². The van der Waals surface area contributed by atoms with Crippen LogP contribution in [0.15, 0.2) is 0 Å². The molecule has 0 saturated heterocycles. The molecule has 112 valence electrons. The van der Waals surface area contributed by atoms with Crippen LogP contribution in [0.5, 0.6) is 0 Å². The van der Waals surface area contributed by atoms with Crippen LogP contribution in [0.4, 0.5) is 0 Å². The van der Waals surface area contributed by atoms with Crippen molar-refractivity contribution in [3.63, 3.8) is 0 Å². The lowest BCUT2D eigenvalue weighted by Crippen LogP contribution is -2.49. The Labute approximate surface area is 123 Å². The summed E-state index contributed by atoms with van der Waals surface area (Å²) in [5.41, 5.74) is 6.07. The molecule has 2 saturated carbocycles. The number of rotatable bonds is 3. The molecule has 4 heteroatoms. The van der Waals surface area contributed by atoms with Crippen LogP contribution in [0.1, 0.15) is 65.2 Å². The van der Waals surface area contributed by atoms with Gasteiger partial charge < -0.3 is 11.1 Å².